The molecule has 2 rings (SSSR count). The Morgan fingerprint density at radius 1 is 1.19 bits per heavy atom. The van der Waals surface area contributed by atoms with E-state index < -0.39 is 35.4 Å². The second kappa shape index (κ2) is 11.9. The summed E-state index contributed by atoms with van der Waals surface area (Å²) in [6.07, 6.45) is 3.67. The first-order valence-corrected chi connectivity index (χ1v) is 12.1. The number of hydrogen-bond acceptors (Lipinski definition) is 6. The first-order chi connectivity index (χ1) is 15.3. The Morgan fingerprint density at radius 3 is 2.44 bits per heavy atom. The molecular weight excluding hydrogens is 430 g/mol. The van der Waals surface area contributed by atoms with Gasteiger partial charge in [0.25, 0.3) is 0 Å². The van der Waals surface area contributed by atoms with Crippen LogP contribution in [0.5, 0.6) is 0 Å². The van der Waals surface area contributed by atoms with Crippen molar-refractivity contribution in [1.82, 2.24) is 16.0 Å². The Labute approximate surface area is 193 Å². The van der Waals surface area contributed by atoms with Gasteiger partial charge < -0.3 is 20.7 Å². The molecule has 1 fully saturated rings. The van der Waals surface area contributed by atoms with Crippen molar-refractivity contribution in [3.8, 4) is 0 Å². The fraction of sp³-hybridized carbons (Fsp3) is 0.565. The number of esters is 1. The van der Waals surface area contributed by atoms with E-state index in [1.165, 1.54) is 7.11 Å². The van der Waals surface area contributed by atoms with Gasteiger partial charge in [0.1, 0.15) is 17.6 Å². The van der Waals surface area contributed by atoms with Crippen molar-refractivity contribution in [2.75, 3.05) is 19.1 Å². The zero-order chi connectivity index (χ0) is 23.7. The van der Waals surface area contributed by atoms with Crippen molar-refractivity contribution >= 4 is 36.0 Å². The molecule has 1 aromatic carbocycles. The van der Waals surface area contributed by atoms with E-state index in [1.807, 2.05) is 50.4 Å². The third kappa shape index (κ3) is 6.48. The Balaban J connectivity index is 2.17. The van der Waals surface area contributed by atoms with Crippen molar-refractivity contribution in [1.29, 1.82) is 0 Å². The van der Waals surface area contributed by atoms with Crippen LogP contribution in [-0.2, 0) is 23.9 Å². The number of methoxy groups -OCH3 is 1. The van der Waals surface area contributed by atoms with E-state index in [-0.39, 0.29) is 11.8 Å². The van der Waals surface area contributed by atoms with Gasteiger partial charge in [-0.2, -0.15) is 11.8 Å². The Bertz CT molecular complexity index is 804. The van der Waals surface area contributed by atoms with Crippen molar-refractivity contribution < 1.29 is 23.9 Å². The number of amides is 3. The van der Waals surface area contributed by atoms with E-state index in [2.05, 4.69) is 16.0 Å². The molecule has 8 nitrogen and oxygen atoms in total. The van der Waals surface area contributed by atoms with Crippen LogP contribution in [-0.4, -0.2) is 60.9 Å². The molecule has 1 aliphatic rings. The highest BCUT2D eigenvalue weighted by molar-refractivity contribution is 7.98. The molecule has 176 valence electrons. The maximum atomic E-state index is 13.2. The van der Waals surface area contributed by atoms with Crippen LogP contribution in [0.1, 0.15) is 44.6 Å². The van der Waals surface area contributed by atoms with Crippen LogP contribution in [0.3, 0.4) is 0 Å². The molecule has 9 heteroatoms. The molecule has 4 atom stereocenters. The van der Waals surface area contributed by atoms with E-state index in [9.17, 15) is 19.2 Å². The minimum atomic E-state index is -1.15. The van der Waals surface area contributed by atoms with Crippen LogP contribution >= 0.6 is 11.8 Å². The summed E-state index contributed by atoms with van der Waals surface area (Å²) in [7, 11) is 1.30. The number of thioether (sulfide) groups is 1. The van der Waals surface area contributed by atoms with E-state index >= 15 is 0 Å². The fourth-order valence-electron chi connectivity index (χ4n) is 3.84. The van der Waals surface area contributed by atoms with Crippen LogP contribution in [0.4, 0.5) is 0 Å². The summed E-state index contributed by atoms with van der Waals surface area (Å²) in [6, 6.07) is 7.91. The molecule has 0 radical (unpaired) electrons. The van der Waals surface area contributed by atoms with Crippen LogP contribution in [0.2, 0.25) is 0 Å². The molecule has 0 unspecified atom stereocenters. The second-order valence-electron chi connectivity index (χ2n) is 8.43. The van der Waals surface area contributed by atoms with E-state index in [0.717, 1.165) is 5.56 Å². The Hall–Kier alpha value is -2.55. The lowest BCUT2D eigenvalue weighted by Gasteiger charge is -2.26. The van der Waals surface area contributed by atoms with Gasteiger partial charge in [-0.25, -0.2) is 4.79 Å². The lowest BCUT2D eigenvalue weighted by atomic mass is 10.0. The molecule has 3 N–H and O–H groups in total. The number of carbonyl (C=O) groups is 4. The highest BCUT2D eigenvalue weighted by atomic mass is 32.2. The molecule has 3 amide bonds. The summed E-state index contributed by atoms with van der Waals surface area (Å²) >= 11 is 1.56. The quantitative estimate of drug-likeness (QED) is 0.303. The molecule has 1 aliphatic carbocycles. The molecule has 0 saturated heterocycles. The molecule has 32 heavy (non-hydrogen) atoms. The summed E-state index contributed by atoms with van der Waals surface area (Å²) in [5.41, 5.74) is -0.207. The Kier molecular flexibility index (Phi) is 9.56. The number of hydrogen-bond donors (Lipinski definition) is 3. The SMILES string of the molecule is COC(=O)[C@]1(NC(=O)[C@H](CC(C)C)NC(=O)[C@H](CCSC)NC=O)C[C@H]1c1ccccc1. The number of rotatable bonds is 13. The molecular formula is C23H33N3O5S. The highest BCUT2D eigenvalue weighted by Gasteiger charge is 2.63. The third-order valence-corrected chi connectivity index (χ3v) is 6.24. The molecule has 0 aliphatic heterocycles. The van der Waals surface area contributed by atoms with Gasteiger partial charge in [0, 0.05) is 5.92 Å². The van der Waals surface area contributed by atoms with Gasteiger partial charge in [-0.15, -0.1) is 0 Å². The molecule has 0 spiro atoms. The number of carbonyl (C=O) groups excluding carboxylic acids is 4. The molecule has 0 heterocycles. The maximum absolute atomic E-state index is 13.2. The highest BCUT2D eigenvalue weighted by Crippen LogP contribution is 2.52. The van der Waals surface area contributed by atoms with Crippen LogP contribution in [0, 0.1) is 5.92 Å². The normalized spacial score (nSPS) is 21.2. The van der Waals surface area contributed by atoms with Crippen molar-refractivity contribution in [3.63, 3.8) is 0 Å². The minimum absolute atomic E-state index is 0.118. The van der Waals surface area contributed by atoms with Gasteiger partial charge in [0.05, 0.1) is 7.11 Å². The van der Waals surface area contributed by atoms with E-state index in [4.69, 9.17) is 4.74 Å². The first kappa shape index (κ1) is 25.7. The summed E-state index contributed by atoms with van der Waals surface area (Å²) in [4.78, 5) is 49.6. The van der Waals surface area contributed by atoms with Crippen LogP contribution in [0.15, 0.2) is 30.3 Å². The molecule has 1 saturated carbocycles. The molecule has 1 aromatic rings. The molecule has 0 bridgehead atoms. The lowest BCUT2D eigenvalue weighted by Crippen LogP contribution is -2.56. The second-order valence-corrected chi connectivity index (χ2v) is 9.41. The van der Waals surface area contributed by atoms with Gasteiger partial charge in [-0.05, 0) is 42.8 Å². The average Bonchev–Trinajstić information content (AvgIpc) is 3.50. The van der Waals surface area contributed by atoms with Gasteiger partial charge >= 0.3 is 5.97 Å². The van der Waals surface area contributed by atoms with E-state index in [0.29, 0.717) is 31.4 Å². The monoisotopic (exact) mass is 463 g/mol. The molecule has 0 aromatic heterocycles. The van der Waals surface area contributed by atoms with Crippen LogP contribution in [0.25, 0.3) is 0 Å². The predicted octanol–water partition coefficient (Wildman–Crippen LogP) is 1.60. The van der Waals surface area contributed by atoms with Gasteiger partial charge in [-0.1, -0.05) is 44.2 Å². The van der Waals surface area contributed by atoms with Gasteiger partial charge in [0.2, 0.25) is 18.2 Å². The summed E-state index contributed by atoms with van der Waals surface area (Å²) < 4.78 is 4.99. The van der Waals surface area contributed by atoms with Crippen molar-refractivity contribution in [2.24, 2.45) is 5.92 Å². The largest absolute Gasteiger partial charge is 0.467 e. The fourth-order valence-corrected chi connectivity index (χ4v) is 4.31. The number of benzene rings is 1. The third-order valence-electron chi connectivity index (χ3n) is 5.60. The van der Waals surface area contributed by atoms with Crippen LogP contribution < -0.4 is 16.0 Å². The van der Waals surface area contributed by atoms with Crippen molar-refractivity contribution in [2.45, 2.75) is 56.7 Å². The Morgan fingerprint density at radius 2 is 1.88 bits per heavy atom. The summed E-state index contributed by atoms with van der Waals surface area (Å²) in [6.45, 7) is 3.89. The summed E-state index contributed by atoms with van der Waals surface area (Å²) in [5, 5.41) is 8.16. The van der Waals surface area contributed by atoms with E-state index in [1.54, 1.807) is 11.8 Å². The minimum Gasteiger partial charge on any atom is -0.467 e. The standard InChI is InChI=1S/C23H33N3O5S/c1-15(2)12-19(25-20(28)18(24-14-27)10-11-32-4)21(29)26-23(22(30)31-3)13-17(23)16-8-6-5-7-9-16/h5-9,14-15,17-19H,10-13H2,1-4H3,(H,24,27)(H,25,28)(H,26,29)/t17-,18-,19-,23-/m0/s1. The van der Waals surface area contributed by atoms with Gasteiger partial charge in [-0.3, -0.25) is 14.4 Å². The van der Waals surface area contributed by atoms with Gasteiger partial charge in [0.15, 0.2) is 0 Å². The zero-order valence-electron chi connectivity index (χ0n) is 19.1. The number of nitrogens with one attached hydrogen (secondary N) is 3. The number of ether oxygens (including phenoxy) is 1. The topological polar surface area (TPSA) is 114 Å². The first-order valence-electron chi connectivity index (χ1n) is 10.7. The predicted molar refractivity (Wildman–Crippen MR) is 124 cm³/mol. The lowest BCUT2D eigenvalue weighted by molar-refractivity contribution is -0.147. The zero-order valence-corrected chi connectivity index (χ0v) is 19.9. The average molecular weight is 464 g/mol. The van der Waals surface area contributed by atoms with Crippen molar-refractivity contribution in [3.05, 3.63) is 35.9 Å². The summed E-state index contributed by atoms with van der Waals surface area (Å²) in [5.74, 6) is -0.756. The smallest absolute Gasteiger partial charge is 0.332 e. The maximum Gasteiger partial charge on any atom is 0.332 e.